The second-order valence-corrected chi connectivity index (χ2v) is 5.64. The highest BCUT2D eigenvalue weighted by Gasteiger charge is 2.20. The molecule has 0 aliphatic heterocycles. The Morgan fingerprint density at radius 1 is 1.16 bits per heavy atom. The van der Waals surface area contributed by atoms with Gasteiger partial charge in [-0.1, -0.05) is 31.9 Å². The van der Waals surface area contributed by atoms with Crippen LogP contribution in [0.4, 0.5) is 0 Å². The largest absolute Gasteiger partial charge is 0.497 e. The first-order valence-corrected chi connectivity index (χ1v) is 7.70. The first kappa shape index (κ1) is 14.4. The number of benzene rings is 1. The fraction of sp³-hybridized carbons (Fsp3) is 0.647. The molecule has 1 aliphatic rings. The molecule has 2 unspecified atom stereocenters. The molecule has 0 saturated heterocycles. The van der Waals surface area contributed by atoms with Crippen molar-refractivity contribution in [2.24, 2.45) is 0 Å². The van der Waals surface area contributed by atoms with Gasteiger partial charge in [0.05, 0.1) is 7.11 Å². The third-order valence-electron chi connectivity index (χ3n) is 4.19. The van der Waals surface area contributed by atoms with Crippen molar-refractivity contribution in [3.05, 3.63) is 29.8 Å². The van der Waals surface area contributed by atoms with Gasteiger partial charge in [-0.15, -0.1) is 0 Å². The lowest BCUT2D eigenvalue weighted by Gasteiger charge is -2.21. The zero-order valence-electron chi connectivity index (χ0n) is 12.3. The third kappa shape index (κ3) is 4.24. The van der Waals surface area contributed by atoms with Crippen molar-refractivity contribution in [1.82, 2.24) is 5.32 Å². The second kappa shape index (κ2) is 7.54. The highest BCUT2D eigenvalue weighted by molar-refractivity contribution is 5.29. The van der Waals surface area contributed by atoms with Crippen molar-refractivity contribution in [3.63, 3.8) is 0 Å². The minimum Gasteiger partial charge on any atom is -0.497 e. The minimum absolute atomic E-state index is 0.703. The van der Waals surface area contributed by atoms with Gasteiger partial charge in [0.2, 0.25) is 0 Å². The Morgan fingerprint density at radius 3 is 2.58 bits per heavy atom. The van der Waals surface area contributed by atoms with Crippen LogP contribution in [0.25, 0.3) is 0 Å². The molecule has 0 amide bonds. The smallest absolute Gasteiger partial charge is 0.118 e. The normalized spacial score (nSPS) is 23.9. The summed E-state index contributed by atoms with van der Waals surface area (Å²) in [5.74, 6) is 1.67. The number of rotatable bonds is 5. The van der Waals surface area contributed by atoms with E-state index in [1.54, 1.807) is 7.11 Å². The number of ether oxygens (including phenoxy) is 1. The van der Waals surface area contributed by atoms with E-state index < -0.39 is 0 Å². The molecule has 0 aromatic heterocycles. The van der Waals surface area contributed by atoms with Gasteiger partial charge in [0, 0.05) is 6.04 Å². The molecule has 2 nitrogen and oxygen atoms in total. The van der Waals surface area contributed by atoms with Crippen LogP contribution in [-0.4, -0.2) is 19.7 Å². The predicted octanol–water partition coefficient (Wildman–Crippen LogP) is 4.11. The average Bonchev–Trinajstić information content (AvgIpc) is 2.71. The van der Waals surface area contributed by atoms with Gasteiger partial charge < -0.3 is 10.1 Å². The van der Waals surface area contributed by atoms with Crippen molar-refractivity contribution in [3.8, 4) is 5.75 Å². The first-order valence-electron chi connectivity index (χ1n) is 7.70. The van der Waals surface area contributed by atoms with E-state index in [1.807, 2.05) is 0 Å². The van der Waals surface area contributed by atoms with Crippen LogP contribution in [0.3, 0.4) is 0 Å². The van der Waals surface area contributed by atoms with Gasteiger partial charge in [0.15, 0.2) is 0 Å². The molecule has 0 heterocycles. The zero-order chi connectivity index (χ0) is 13.5. The van der Waals surface area contributed by atoms with Crippen LogP contribution in [0.1, 0.15) is 56.9 Å². The Balaban J connectivity index is 1.99. The zero-order valence-corrected chi connectivity index (χ0v) is 12.3. The molecule has 1 aromatic carbocycles. The quantitative estimate of drug-likeness (QED) is 0.805. The Hall–Kier alpha value is -1.02. The van der Waals surface area contributed by atoms with E-state index in [2.05, 4.69) is 36.5 Å². The van der Waals surface area contributed by atoms with E-state index in [4.69, 9.17) is 4.74 Å². The van der Waals surface area contributed by atoms with Crippen LogP contribution >= 0.6 is 0 Å². The van der Waals surface area contributed by atoms with Gasteiger partial charge in [-0.3, -0.25) is 0 Å². The standard InChI is InChI=1S/C17H27NO/c1-3-12-18-16-7-5-4-6-15(13-16)14-8-10-17(19-2)11-9-14/h8-11,15-16,18H,3-7,12-13H2,1-2H3. The molecular formula is C17H27NO. The minimum atomic E-state index is 0.703. The summed E-state index contributed by atoms with van der Waals surface area (Å²) in [5, 5.41) is 3.71. The maximum Gasteiger partial charge on any atom is 0.118 e. The van der Waals surface area contributed by atoms with Crippen molar-refractivity contribution in [2.45, 2.75) is 57.4 Å². The summed E-state index contributed by atoms with van der Waals surface area (Å²) in [6.45, 7) is 3.39. The van der Waals surface area contributed by atoms with Crippen molar-refractivity contribution in [1.29, 1.82) is 0 Å². The molecule has 0 spiro atoms. The molecule has 1 N–H and O–H groups in total. The van der Waals surface area contributed by atoms with Gasteiger partial charge in [-0.25, -0.2) is 0 Å². The summed E-state index contributed by atoms with van der Waals surface area (Å²) in [5.41, 5.74) is 1.48. The SMILES string of the molecule is CCCNC1CCCCC(c2ccc(OC)cc2)C1. The topological polar surface area (TPSA) is 21.3 Å². The summed E-state index contributed by atoms with van der Waals surface area (Å²) in [4.78, 5) is 0. The maximum atomic E-state index is 5.24. The number of methoxy groups -OCH3 is 1. The molecule has 2 rings (SSSR count). The molecule has 19 heavy (non-hydrogen) atoms. The van der Waals surface area contributed by atoms with Crippen LogP contribution in [0.15, 0.2) is 24.3 Å². The van der Waals surface area contributed by atoms with Crippen molar-refractivity contribution < 1.29 is 4.74 Å². The van der Waals surface area contributed by atoms with E-state index >= 15 is 0 Å². The Labute approximate surface area is 117 Å². The van der Waals surface area contributed by atoms with Gasteiger partial charge in [0.1, 0.15) is 5.75 Å². The molecule has 2 heteroatoms. The molecular weight excluding hydrogens is 234 g/mol. The Kier molecular flexibility index (Phi) is 5.71. The highest BCUT2D eigenvalue weighted by Crippen LogP contribution is 2.32. The summed E-state index contributed by atoms with van der Waals surface area (Å²) in [6.07, 6.45) is 7.91. The van der Waals surface area contributed by atoms with Gasteiger partial charge >= 0.3 is 0 Å². The lowest BCUT2D eigenvalue weighted by Crippen LogP contribution is -2.30. The van der Waals surface area contributed by atoms with Gasteiger partial charge in [0.25, 0.3) is 0 Å². The van der Waals surface area contributed by atoms with Crippen molar-refractivity contribution in [2.75, 3.05) is 13.7 Å². The van der Waals surface area contributed by atoms with Gasteiger partial charge in [-0.05, 0) is 55.8 Å². The second-order valence-electron chi connectivity index (χ2n) is 5.64. The maximum absolute atomic E-state index is 5.24. The molecule has 0 bridgehead atoms. The van der Waals surface area contributed by atoms with Crippen molar-refractivity contribution >= 4 is 0 Å². The lowest BCUT2D eigenvalue weighted by molar-refractivity contribution is 0.413. The van der Waals surface area contributed by atoms with Crippen LogP contribution in [-0.2, 0) is 0 Å². The molecule has 106 valence electrons. The van der Waals surface area contributed by atoms with Crippen LogP contribution in [0, 0.1) is 0 Å². The molecule has 0 radical (unpaired) electrons. The number of hydrogen-bond donors (Lipinski definition) is 1. The Morgan fingerprint density at radius 2 is 1.89 bits per heavy atom. The van der Waals surface area contributed by atoms with Crippen LogP contribution in [0.2, 0.25) is 0 Å². The fourth-order valence-electron chi connectivity index (χ4n) is 3.07. The number of nitrogens with one attached hydrogen (secondary N) is 1. The highest BCUT2D eigenvalue weighted by atomic mass is 16.5. The van der Waals surface area contributed by atoms with E-state index in [-0.39, 0.29) is 0 Å². The van der Waals surface area contributed by atoms with E-state index in [0.29, 0.717) is 12.0 Å². The van der Waals surface area contributed by atoms with E-state index in [0.717, 1.165) is 12.3 Å². The molecule has 1 aliphatic carbocycles. The van der Waals surface area contributed by atoms with Gasteiger partial charge in [-0.2, -0.15) is 0 Å². The molecule has 2 atom stereocenters. The number of hydrogen-bond acceptors (Lipinski definition) is 2. The van der Waals surface area contributed by atoms with Crippen LogP contribution < -0.4 is 10.1 Å². The predicted molar refractivity (Wildman–Crippen MR) is 80.9 cm³/mol. The van der Waals surface area contributed by atoms with E-state index in [1.165, 1.54) is 44.1 Å². The summed E-state index contributed by atoms with van der Waals surface area (Å²) in [7, 11) is 1.73. The first-order chi connectivity index (χ1) is 9.33. The van der Waals surface area contributed by atoms with Crippen LogP contribution in [0.5, 0.6) is 5.75 Å². The molecule has 1 aromatic rings. The fourth-order valence-corrected chi connectivity index (χ4v) is 3.07. The third-order valence-corrected chi connectivity index (χ3v) is 4.19. The summed E-state index contributed by atoms with van der Waals surface area (Å²) >= 11 is 0. The molecule has 1 fully saturated rings. The molecule has 1 saturated carbocycles. The Bertz CT molecular complexity index is 360. The average molecular weight is 261 g/mol. The summed E-state index contributed by atoms with van der Waals surface area (Å²) < 4.78 is 5.24. The summed E-state index contributed by atoms with van der Waals surface area (Å²) in [6, 6.07) is 9.37. The van der Waals surface area contributed by atoms with E-state index in [9.17, 15) is 0 Å². The monoisotopic (exact) mass is 261 g/mol. The lowest BCUT2D eigenvalue weighted by atomic mass is 9.90.